The first-order chi connectivity index (χ1) is 7.28. The lowest BCUT2D eigenvalue weighted by Gasteiger charge is -2.43. The Hall–Kier alpha value is 0. The summed E-state index contributed by atoms with van der Waals surface area (Å²) in [7, 11) is 0. The maximum absolute atomic E-state index is 2.43. The fourth-order valence-electron chi connectivity index (χ4n) is 4.22. The number of rotatable bonds is 2. The second-order valence-corrected chi connectivity index (χ2v) is 6.21. The lowest BCUT2D eigenvalue weighted by atomic mass is 9.63. The van der Waals surface area contributed by atoms with E-state index >= 15 is 0 Å². The van der Waals surface area contributed by atoms with Gasteiger partial charge in [-0.2, -0.15) is 0 Å². The van der Waals surface area contributed by atoms with E-state index in [4.69, 9.17) is 0 Å². The molecule has 15 heavy (non-hydrogen) atoms. The van der Waals surface area contributed by atoms with Crippen LogP contribution in [-0.2, 0) is 0 Å². The summed E-state index contributed by atoms with van der Waals surface area (Å²) >= 11 is 0. The molecule has 0 spiro atoms. The van der Waals surface area contributed by atoms with Crippen molar-refractivity contribution in [1.82, 2.24) is 0 Å². The molecule has 0 aliphatic heterocycles. The van der Waals surface area contributed by atoms with E-state index in [0.29, 0.717) is 0 Å². The molecule has 3 saturated carbocycles. The molecule has 3 aliphatic rings. The summed E-state index contributed by atoms with van der Waals surface area (Å²) < 4.78 is 0. The highest BCUT2D eigenvalue weighted by molar-refractivity contribution is 4.87. The van der Waals surface area contributed by atoms with Crippen molar-refractivity contribution in [2.75, 3.05) is 0 Å². The predicted molar refractivity (Wildman–Crippen MR) is 66.9 cm³/mol. The monoisotopic (exact) mass is 208 g/mol. The van der Waals surface area contributed by atoms with E-state index in [1.807, 2.05) is 0 Å². The lowest BCUT2D eigenvalue weighted by Crippen LogP contribution is -2.30. The Kier molecular flexibility index (Phi) is 3.74. The fourth-order valence-corrected chi connectivity index (χ4v) is 4.22. The highest BCUT2D eigenvalue weighted by Crippen LogP contribution is 2.48. The summed E-state index contributed by atoms with van der Waals surface area (Å²) in [6.45, 7) is 4.86. The van der Waals surface area contributed by atoms with Crippen LogP contribution in [0.4, 0.5) is 0 Å². The molecule has 0 aromatic rings. The van der Waals surface area contributed by atoms with Crippen LogP contribution in [0.1, 0.15) is 78.1 Å². The van der Waals surface area contributed by atoms with E-state index in [1.54, 1.807) is 12.8 Å². The van der Waals surface area contributed by atoms with Crippen LogP contribution in [0.5, 0.6) is 0 Å². The van der Waals surface area contributed by atoms with E-state index in [1.165, 1.54) is 51.4 Å². The fraction of sp³-hybridized carbons (Fsp3) is 1.00. The maximum atomic E-state index is 2.43. The molecule has 3 aliphatic carbocycles. The molecular weight excluding hydrogens is 180 g/mol. The van der Waals surface area contributed by atoms with Gasteiger partial charge in [-0.15, -0.1) is 0 Å². The molecule has 3 fully saturated rings. The zero-order chi connectivity index (χ0) is 10.7. The molecule has 0 amide bonds. The highest BCUT2D eigenvalue weighted by Gasteiger charge is 2.35. The average molecular weight is 208 g/mol. The van der Waals surface area contributed by atoms with Crippen LogP contribution < -0.4 is 0 Å². The van der Waals surface area contributed by atoms with Gasteiger partial charge in [-0.25, -0.2) is 0 Å². The summed E-state index contributed by atoms with van der Waals surface area (Å²) in [6, 6.07) is 0. The van der Waals surface area contributed by atoms with Crippen molar-refractivity contribution in [3.63, 3.8) is 0 Å². The Morgan fingerprint density at radius 1 is 0.800 bits per heavy atom. The molecule has 0 heterocycles. The molecule has 0 radical (unpaired) electrons. The van der Waals surface area contributed by atoms with Gasteiger partial charge >= 0.3 is 0 Å². The third-order valence-corrected chi connectivity index (χ3v) is 5.39. The van der Waals surface area contributed by atoms with Crippen molar-refractivity contribution in [3.05, 3.63) is 0 Å². The van der Waals surface area contributed by atoms with E-state index in [0.717, 1.165) is 17.3 Å². The molecule has 0 atom stereocenters. The second-order valence-electron chi connectivity index (χ2n) is 6.21. The van der Waals surface area contributed by atoms with Crippen LogP contribution in [0.3, 0.4) is 0 Å². The van der Waals surface area contributed by atoms with Gasteiger partial charge < -0.3 is 0 Å². The van der Waals surface area contributed by atoms with Gasteiger partial charge in [0, 0.05) is 0 Å². The van der Waals surface area contributed by atoms with Crippen molar-refractivity contribution < 1.29 is 0 Å². The standard InChI is InChI=1S/C15H28/c1-3-15(4-2)11-13-7-5-8-14(12-15)10-6-9-13/h13-14H,3-12H2,1-2H3. The van der Waals surface area contributed by atoms with Gasteiger partial charge in [-0.1, -0.05) is 65.2 Å². The minimum Gasteiger partial charge on any atom is -0.0649 e. The van der Waals surface area contributed by atoms with E-state index in [2.05, 4.69) is 13.8 Å². The second kappa shape index (κ2) is 4.89. The predicted octanol–water partition coefficient (Wildman–Crippen LogP) is 5.17. The molecule has 0 nitrogen and oxygen atoms in total. The maximum Gasteiger partial charge on any atom is -0.0297 e. The van der Waals surface area contributed by atoms with Gasteiger partial charge in [-0.3, -0.25) is 0 Å². The number of hydrogen-bond donors (Lipinski definition) is 0. The smallest absolute Gasteiger partial charge is 0.0297 e. The molecule has 0 aromatic carbocycles. The summed E-state index contributed by atoms with van der Waals surface area (Å²) in [4.78, 5) is 0. The molecule has 0 aromatic heterocycles. The van der Waals surface area contributed by atoms with Crippen LogP contribution in [0.25, 0.3) is 0 Å². The van der Waals surface area contributed by atoms with Crippen LogP contribution in [0.2, 0.25) is 0 Å². The molecule has 2 bridgehead atoms. The number of fused-ring (bicyclic) bond motifs is 6. The third-order valence-electron chi connectivity index (χ3n) is 5.39. The van der Waals surface area contributed by atoms with E-state index in [9.17, 15) is 0 Å². The van der Waals surface area contributed by atoms with Crippen molar-refractivity contribution in [2.45, 2.75) is 78.1 Å². The Balaban J connectivity index is 2.14. The lowest BCUT2D eigenvalue weighted by molar-refractivity contribution is 0.0909. The molecule has 0 saturated heterocycles. The third kappa shape index (κ3) is 2.57. The Morgan fingerprint density at radius 3 is 1.53 bits per heavy atom. The molecular formula is C15H28. The molecule has 88 valence electrons. The number of hydrogen-bond acceptors (Lipinski definition) is 0. The van der Waals surface area contributed by atoms with Gasteiger partial charge in [0.2, 0.25) is 0 Å². The topological polar surface area (TPSA) is 0 Å². The van der Waals surface area contributed by atoms with Crippen molar-refractivity contribution in [2.24, 2.45) is 17.3 Å². The van der Waals surface area contributed by atoms with Crippen molar-refractivity contribution >= 4 is 0 Å². The van der Waals surface area contributed by atoms with Crippen LogP contribution in [-0.4, -0.2) is 0 Å². The largest absolute Gasteiger partial charge is 0.0649 e. The first-order valence-electron chi connectivity index (χ1n) is 7.28. The van der Waals surface area contributed by atoms with Gasteiger partial charge in [0.15, 0.2) is 0 Å². The van der Waals surface area contributed by atoms with Crippen LogP contribution >= 0.6 is 0 Å². The van der Waals surface area contributed by atoms with Gasteiger partial charge in [0.1, 0.15) is 0 Å². The van der Waals surface area contributed by atoms with Crippen LogP contribution in [0, 0.1) is 17.3 Å². The summed E-state index contributed by atoms with van der Waals surface area (Å²) in [5.41, 5.74) is 0.732. The zero-order valence-electron chi connectivity index (χ0n) is 10.7. The quantitative estimate of drug-likeness (QED) is 0.587. The SMILES string of the molecule is CCC1(CC)CC2CCCC(CCC2)C1. The highest BCUT2D eigenvalue weighted by atomic mass is 14.4. The Morgan fingerprint density at radius 2 is 1.20 bits per heavy atom. The van der Waals surface area contributed by atoms with Gasteiger partial charge in [0.05, 0.1) is 0 Å². The Labute approximate surface area is 95.8 Å². The van der Waals surface area contributed by atoms with Crippen LogP contribution in [0.15, 0.2) is 0 Å². The van der Waals surface area contributed by atoms with Crippen molar-refractivity contribution in [3.8, 4) is 0 Å². The first kappa shape index (κ1) is 11.5. The van der Waals surface area contributed by atoms with Gasteiger partial charge in [-0.05, 0) is 30.1 Å². The molecule has 0 N–H and O–H groups in total. The minimum atomic E-state index is 0.732. The Bertz CT molecular complexity index is 164. The molecule has 0 heteroatoms. The van der Waals surface area contributed by atoms with Gasteiger partial charge in [0.25, 0.3) is 0 Å². The van der Waals surface area contributed by atoms with Crippen molar-refractivity contribution in [1.29, 1.82) is 0 Å². The molecule has 3 rings (SSSR count). The normalized spacial score (nSPS) is 35.6. The zero-order valence-corrected chi connectivity index (χ0v) is 10.7. The molecule has 0 unspecified atom stereocenters. The van der Waals surface area contributed by atoms with E-state index in [-0.39, 0.29) is 0 Å². The average Bonchev–Trinajstić information content (AvgIpc) is 2.16. The first-order valence-corrected chi connectivity index (χ1v) is 7.28. The summed E-state index contributed by atoms with van der Waals surface area (Å²) in [5.74, 6) is 2.15. The minimum absolute atomic E-state index is 0.732. The van der Waals surface area contributed by atoms with E-state index < -0.39 is 0 Å². The summed E-state index contributed by atoms with van der Waals surface area (Å²) in [6.07, 6.45) is 15.2. The summed E-state index contributed by atoms with van der Waals surface area (Å²) in [5, 5.41) is 0.